The lowest BCUT2D eigenvalue weighted by Gasteiger charge is -2.34. The number of nitrogens with zero attached hydrogens (tertiary/aromatic N) is 1. The Bertz CT molecular complexity index is 664. The molecule has 2 fully saturated rings. The highest BCUT2D eigenvalue weighted by Gasteiger charge is 2.25. The molecule has 0 saturated carbocycles. The number of benzene rings is 1. The quantitative estimate of drug-likeness (QED) is 0.547. The molecule has 2 heterocycles. The number of fused-ring (bicyclic) bond motifs is 1. The predicted molar refractivity (Wildman–Crippen MR) is 130 cm³/mol. The molecule has 2 saturated heterocycles. The van der Waals surface area contributed by atoms with E-state index in [4.69, 9.17) is 4.74 Å². The van der Waals surface area contributed by atoms with Crippen LogP contribution in [0.15, 0.2) is 18.2 Å². The molecule has 2 N–H and O–H groups in total. The Hall–Kier alpha value is -1.10. The van der Waals surface area contributed by atoms with Crippen LogP contribution >= 0.6 is 0 Å². The van der Waals surface area contributed by atoms with E-state index < -0.39 is 0 Å². The zero-order chi connectivity index (χ0) is 21.5. The molecule has 3 aliphatic rings. The van der Waals surface area contributed by atoms with Crippen molar-refractivity contribution in [1.82, 2.24) is 15.5 Å². The second kappa shape index (κ2) is 11.7. The highest BCUT2D eigenvalue weighted by molar-refractivity contribution is 5.37. The first kappa shape index (κ1) is 23.1. The van der Waals surface area contributed by atoms with Gasteiger partial charge in [-0.3, -0.25) is 0 Å². The Morgan fingerprint density at radius 2 is 2.00 bits per heavy atom. The zero-order valence-corrected chi connectivity index (χ0v) is 20.0. The molecule has 0 amide bonds. The Morgan fingerprint density at radius 1 is 1.13 bits per heavy atom. The second-order valence-electron chi connectivity index (χ2n) is 10.6. The summed E-state index contributed by atoms with van der Waals surface area (Å²) in [5.41, 5.74) is 3.09. The molecule has 0 aromatic heterocycles. The molecule has 1 aromatic carbocycles. The summed E-state index contributed by atoms with van der Waals surface area (Å²) in [4.78, 5) is 2.68. The van der Waals surface area contributed by atoms with Crippen molar-refractivity contribution < 1.29 is 4.74 Å². The third-order valence-electron chi connectivity index (χ3n) is 7.75. The minimum absolute atomic E-state index is 0.616. The fraction of sp³-hybridized carbons (Fsp3) is 0.778. The first-order valence-electron chi connectivity index (χ1n) is 13.1. The van der Waals surface area contributed by atoms with E-state index >= 15 is 0 Å². The van der Waals surface area contributed by atoms with Gasteiger partial charge in [-0.05, 0) is 125 Å². The molecule has 1 aliphatic carbocycles. The lowest BCUT2D eigenvalue weighted by molar-refractivity contribution is 0.228. The van der Waals surface area contributed by atoms with Crippen LogP contribution < -0.4 is 15.4 Å². The Kier molecular flexibility index (Phi) is 8.69. The van der Waals surface area contributed by atoms with Gasteiger partial charge in [0.15, 0.2) is 0 Å². The van der Waals surface area contributed by atoms with Crippen LogP contribution in [0.4, 0.5) is 0 Å². The van der Waals surface area contributed by atoms with Gasteiger partial charge in [-0.25, -0.2) is 0 Å². The Labute approximate surface area is 190 Å². The molecule has 3 unspecified atom stereocenters. The maximum atomic E-state index is 6.13. The molecule has 4 nitrogen and oxygen atoms in total. The van der Waals surface area contributed by atoms with Crippen LogP contribution in [0, 0.1) is 17.8 Å². The zero-order valence-electron chi connectivity index (χ0n) is 20.0. The molecule has 0 bridgehead atoms. The van der Waals surface area contributed by atoms with Crippen molar-refractivity contribution in [2.24, 2.45) is 17.8 Å². The topological polar surface area (TPSA) is 36.5 Å². The van der Waals surface area contributed by atoms with Crippen LogP contribution in [0.2, 0.25) is 0 Å². The lowest BCUT2D eigenvalue weighted by Crippen LogP contribution is -2.47. The average Bonchev–Trinajstić information content (AvgIpc) is 3.29. The standard InChI is InChI=1S/C27H45N3O/c1-21(2)27(25-7-5-12-28-19-25)29-13-6-16-31-26-11-10-23-17-22(8-9-24(23)18-26)20-30-14-3-4-15-30/h10-11,18,21-22,25,27-29H,3-9,12-17,19-20H2,1-2H3. The van der Waals surface area contributed by atoms with E-state index in [1.807, 2.05) is 0 Å². The van der Waals surface area contributed by atoms with Crippen molar-refractivity contribution >= 4 is 0 Å². The van der Waals surface area contributed by atoms with E-state index in [9.17, 15) is 0 Å². The highest BCUT2D eigenvalue weighted by Crippen LogP contribution is 2.30. The third-order valence-corrected chi connectivity index (χ3v) is 7.75. The van der Waals surface area contributed by atoms with Gasteiger partial charge in [-0.15, -0.1) is 0 Å². The second-order valence-corrected chi connectivity index (χ2v) is 10.6. The van der Waals surface area contributed by atoms with Gasteiger partial charge in [0, 0.05) is 12.6 Å². The largest absolute Gasteiger partial charge is 0.494 e. The first-order chi connectivity index (χ1) is 15.2. The number of rotatable bonds is 10. The summed E-state index contributed by atoms with van der Waals surface area (Å²) < 4.78 is 6.13. The molecule has 0 radical (unpaired) electrons. The van der Waals surface area contributed by atoms with Crippen LogP contribution in [0.5, 0.6) is 5.75 Å². The van der Waals surface area contributed by atoms with E-state index in [2.05, 4.69) is 47.6 Å². The third kappa shape index (κ3) is 6.69. The van der Waals surface area contributed by atoms with Gasteiger partial charge in [0.2, 0.25) is 0 Å². The summed E-state index contributed by atoms with van der Waals surface area (Å²) in [7, 11) is 0. The van der Waals surface area contributed by atoms with Gasteiger partial charge in [-0.1, -0.05) is 19.9 Å². The van der Waals surface area contributed by atoms with Crippen LogP contribution in [0.25, 0.3) is 0 Å². The minimum Gasteiger partial charge on any atom is -0.494 e. The smallest absolute Gasteiger partial charge is 0.119 e. The van der Waals surface area contributed by atoms with Gasteiger partial charge >= 0.3 is 0 Å². The van der Waals surface area contributed by atoms with Gasteiger partial charge in [0.25, 0.3) is 0 Å². The van der Waals surface area contributed by atoms with Crippen LogP contribution in [-0.2, 0) is 12.8 Å². The van der Waals surface area contributed by atoms with Crippen LogP contribution in [0.1, 0.15) is 63.5 Å². The predicted octanol–water partition coefficient (Wildman–Crippen LogP) is 4.27. The summed E-state index contributed by atoms with van der Waals surface area (Å²) in [5.74, 6) is 3.36. The van der Waals surface area contributed by atoms with Crippen molar-refractivity contribution in [1.29, 1.82) is 0 Å². The molecule has 4 heteroatoms. The summed E-state index contributed by atoms with van der Waals surface area (Å²) in [6.07, 6.45) is 10.3. The Morgan fingerprint density at radius 3 is 2.77 bits per heavy atom. The number of ether oxygens (including phenoxy) is 1. The molecule has 2 aliphatic heterocycles. The van der Waals surface area contributed by atoms with Crippen molar-refractivity contribution in [3.05, 3.63) is 29.3 Å². The van der Waals surface area contributed by atoms with Crippen molar-refractivity contribution in [2.75, 3.05) is 45.9 Å². The van der Waals surface area contributed by atoms with E-state index in [0.29, 0.717) is 12.0 Å². The number of hydrogen-bond donors (Lipinski definition) is 2. The normalized spacial score (nSPS) is 25.5. The van der Waals surface area contributed by atoms with Gasteiger partial charge in [0.1, 0.15) is 5.75 Å². The van der Waals surface area contributed by atoms with Crippen molar-refractivity contribution in [2.45, 2.75) is 71.3 Å². The summed E-state index contributed by atoms with van der Waals surface area (Å²) in [6, 6.07) is 7.48. The maximum absolute atomic E-state index is 6.13. The number of piperidine rings is 1. The van der Waals surface area contributed by atoms with Gasteiger partial charge in [-0.2, -0.15) is 0 Å². The molecule has 31 heavy (non-hydrogen) atoms. The van der Waals surface area contributed by atoms with E-state index in [1.54, 1.807) is 5.56 Å². The summed E-state index contributed by atoms with van der Waals surface area (Å²) in [6.45, 7) is 12.9. The monoisotopic (exact) mass is 427 g/mol. The number of hydrogen-bond acceptors (Lipinski definition) is 4. The Balaban J connectivity index is 1.17. The fourth-order valence-corrected chi connectivity index (χ4v) is 6.05. The molecule has 174 valence electrons. The number of aryl methyl sites for hydroxylation is 1. The fourth-order valence-electron chi connectivity index (χ4n) is 6.05. The molecule has 1 aromatic rings. The van der Waals surface area contributed by atoms with Crippen LogP contribution in [0.3, 0.4) is 0 Å². The highest BCUT2D eigenvalue weighted by atomic mass is 16.5. The lowest BCUT2D eigenvalue weighted by atomic mass is 9.83. The van der Waals surface area contributed by atoms with Gasteiger partial charge in [0.05, 0.1) is 6.61 Å². The maximum Gasteiger partial charge on any atom is 0.119 e. The van der Waals surface area contributed by atoms with E-state index in [-0.39, 0.29) is 0 Å². The van der Waals surface area contributed by atoms with Crippen molar-refractivity contribution in [3.8, 4) is 5.75 Å². The molecule has 0 spiro atoms. The number of nitrogens with one attached hydrogen (secondary N) is 2. The van der Waals surface area contributed by atoms with E-state index in [0.717, 1.165) is 37.2 Å². The molecular weight excluding hydrogens is 382 g/mol. The molecule has 3 atom stereocenters. The van der Waals surface area contributed by atoms with Gasteiger partial charge < -0.3 is 20.3 Å². The average molecular weight is 428 g/mol. The summed E-state index contributed by atoms with van der Waals surface area (Å²) >= 11 is 0. The first-order valence-corrected chi connectivity index (χ1v) is 13.1. The molecule has 4 rings (SSSR count). The van der Waals surface area contributed by atoms with Crippen LogP contribution in [-0.4, -0.2) is 56.8 Å². The SMILES string of the molecule is CC(C)C(NCCCOc1ccc2c(c1)CCC(CN1CCCC1)C2)C1CCCNC1. The number of likely N-dealkylation sites (tertiary alicyclic amines) is 1. The van der Waals surface area contributed by atoms with E-state index in [1.165, 1.54) is 83.2 Å². The van der Waals surface area contributed by atoms with Crippen molar-refractivity contribution in [3.63, 3.8) is 0 Å². The molecular formula is C27H45N3O. The summed E-state index contributed by atoms with van der Waals surface area (Å²) in [5, 5.41) is 7.41. The minimum atomic E-state index is 0.616.